The molecule has 0 amide bonds. The fraction of sp³-hybridized carbons (Fsp3) is 0. The lowest BCUT2D eigenvalue weighted by atomic mass is 9.85. The summed E-state index contributed by atoms with van der Waals surface area (Å²) in [5.41, 5.74) is 16.2. The molecule has 0 saturated carbocycles. The SMILES string of the molecule is Bc1cc(B)c2c(c1)c1ccc3c4cc(B)cc(B)c4n(-c4cccc5c4oc4ccc(-c6nc(-c7ccccc7)nc(-c7ccccc7)n6)cc45)c3c1n2-c1ccccc1. The first kappa shape index (κ1) is 35.4. The van der Waals surface area contributed by atoms with E-state index in [0.29, 0.717) is 17.5 Å². The van der Waals surface area contributed by atoms with Gasteiger partial charge in [-0.3, -0.25) is 0 Å². The second-order valence-electron chi connectivity index (χ2n) is 16.3. The molecule has 0 atom stereocenters. The van der Waals surface area contributed by atoms with Gasteiger partial charge in [-0.15, -0.1) is 0 Å². The number of nitrogens with zero attached hydrogens (tertiary/aromatic N) is 5. The molecular formula is C51H35B4N5O. The summed E-state index contributed by atoms with van der Waals surface area (Å²) in [5, 5.41) is 6.93. The Balaban J connectivity index is 1.15. The van der Waals surface area contributed by atoms with Crippen molar-refractivity contribution in [3.8, 4) is 45.5 Å². The molecule has 282 valence electrons. The Morgan fingerprint density at radius 3 is 1.49 bits per heavy atom. The quantitative estimate of drug-likeness (QED) is 0.202. The average Bonchev–Trinajstić information content (AvgIpc) is 3.95. The van der Waals surface area contributed by atoms with Crippen molar-refractivity contribution >= 4 is 119 Å². The predicted molar refractivity (Wildman–Crippen MR) is 265 cm³/mol. The van der Waals surface area contributed by atoms with E-state index in [0.717, 1.165) is 55.5 Å². The molecule has 0 aliphatic carbocycles. The molecule has 0 radical (unpaired) electrons. The van der Waals surface area contributed by atoms with Crippen molar-refractivity contribution in [3.63, 3.8) is 0 Å². The molecule has 0 bridgehead atoms. The zero-order valence-electron chi connectivity index (χ0n) is 34.2. The predicted octanol–water partition coefficient (Wildman–Crippen LogP) is 6.00. The normalized spacial score (nSPS) is 11.9. The molecule has 0 saturated heterocycles. The van der Waals surface area contributed by atoms with Gasteiger partial charge < -0.3 is 13.6 Å². The Morgan fingerprint density at radius 2 is 0.902 bits per heavy atom. The van der Waals surface area contributed by atoms with E-state index < -0.39 is 0 Å². The first-order chi connectivity index (χ1) is 29.9. The fourth-order valence-electron chi connectivity index (χ4n) is 9.73. The van der Waals surface area contributed by atoms with Crippen LogP contribution in [0.15, 0.2) is 168 Å². The third-order valence-electron chi connectivity index (χ3n) is 12.2. The molecule has 0 aliphatic heterocycles. The Labute approximate surface area is 355 Å². The van der Waals surface area contributed by atoms with E-state index in [9.17, 15) is 0 Å². The third kappa shape index (κ3) is 5.45. The van der Waals surface area contributed by atoms with Crippen LogP contribution in [0.3, 0.4) is 0 Å². The highest BCUT2D eigenvalue weighted by Gasteiger charge is 2.25. The first-order valence-electron chi connectivity index (χ1n) is 20.8. The summed E-state index contributed by atoms with van der Waals surface area (Å²) in [5.74, 6) is 1.87. The zero-order valence-corrected chi connectivity index (χ0v) is 34.2. The lowest BCUT2D eigenvalue weighted by Crippen LogP contribution is -2.16. The van der Waals surface area contributed by atoms with Gasteiger partial charge in [0.1, 0.15) is 37.0 Å². The van der Waals surface area contributed by atoms with Crippen molar-refractivity contribution in [1.82, 2.24) is 24.1 Å². The number of benzene rings is 8. The van der Waals surface area contributed by atoms with E-state index in [-0.39, 0.29) is 0 Å². The molecule has 8 aromatic carbocycles. The minimum Gasteiger partial charge on any atom is -0.454 e. The largest absolute Gasteiger partial charge is 0.454 e. The number of hydrogen-bond acceptors (Lipinski definition) is 4. The summed E-state index contributed by atoms with van der Waals surface area (Å²) in [7, 11) is 8.85. The van der Waals surface area contributed by atoms with E-state index >= 15 is 0 Å². The standard InChI is InChI=1S/C51H35B4N5O/c52-31-24-38-34-20-21-35-39-25-32(53)27-41(55)45(39)60(47(35)46(34)59(44(38)40(54)26-31)33-15-8-3-9-16-33)42-18-10-17-36-37-23-30(19-22-43(37)61-48(36)42)51-57-49(28-11-4-1-5-12-28)56-50(58-51)29-13-6-2-7-14-29/h1-27H,52-55H2. The fourth-order valence-corrected chi connectivity index (χ4v) is 9.73. The van der Waals surface area contributed by atoms with Crippen LogP contribution < -0.4 is 21.9 Å². The van der Waals surface area contributed by atoms with Gasteiger partial charge in [-0.25, -0.2) is 15.0 Å². The molecule has 0 N–H and O–H groups in total. The highest BCUT2D eigenvalue weighted by molar-refractivity contribution is 6.46. The monoisotopic (exact) mass is 777 g/mol. The second kappa shape index (κ2) is 13.5. The molecule has 10 heteroatoms. The molecule has 12 rings (SSSR count). The Hall–Kier alpha value is -7.57. The van der Waals surface area contributed by atoms with Crippen molar-refractivity contribution in [1.29, 1.82) is 0 Å². The van der Waals surface area contributed by atoms with Crippen LogP contribution in [0.5, 0.6) is 0 Å². The molecule has 4 heterocycles. The number of furan rings is 1. The summed E-state index contributed by atoms with van der Waals surface area (Å²) in [6.07, 6.45) is 0. The maximum Gasteiger partial charge on any atom is 0.164 e. The highest BCUT2D eigenvalue weighted by Crippen LogP contribution is 2.43. The van der Waals surface area contributed by atoms with Gasteiger partial charge in [0.15, 0.2) is 23.1 Å². The maximum atomic E-state index is 6.99. The number of para-hydroxylation sites is 2. The minimum atomic E-state index is 0.607. The van der Waals surface area contributed by atoms with Crippen LogP contribution >= 0.6 is 0 Å². The minimum absolute atomic E-state index is 0.607. The van der Waals surface area contributed by atoms with Crippen LogP contribution in [0.25, 0.3) is 111 Å². The molecule has 0 aliphatic rings. The number of rotatable bonds is 5. The van der Waals surface area contributed by atoms with E-state index in [4.69, 9.17) is 19.4 Å². The summed E-state index contributed by atoms with van der Waals surface area (Å²) in [6, 6.07) is 57.7. The average molecular weight is 777 g/mol. The molecule has 0 fully saturated rings. The van der Waals surface area contributed by atoms with E-state index in [2.05, 4.69) is 144 Å². The van der Waals surface area contributed by atoms with Crippen LogP contribution in [0.1, 0.15) is 0 Å². The third-order valence-corrected chi connectivity index (χ3v) is 12.2. The van der Waals surface area contributed by atoms with Crippen LogP contribution in [0, 0.1) is 0 Å². The maximum absolute atomic E-state index is 6.99. The van der Waals surface area contributed by atoms with Gasteiger partial charge in [0.05, 0.1) is 16.7 Å². The highest BCUT2D eigenvalue weighted by atomic mass is 16.3. The molecule has 4 aromatic heterocycles. The van der Waals surface area contributed by atoms with Crippen LogP contribution in [-0.2, 0) is 0 Å². The Bertz CT molecular complexity index is 3690. The van der Waals surface area contributed by atoms with Gasteiger partial charge in [-0.05, 0) is 36.4 Å². The number of hydrogen-bond donors (Lipinski definition) is 0. The summed E-state index contributed by atoms with van der Waals surface area (Å²) in [6.45, 7) is 0. The summed E-state index contributed by atoms with van der Waals surface area (Å²) >= 11 is 0. The molecular weight excluding hydrogens is 742 g/mol. The van der Waals surface area contributed by atoms with Gasteiger partial charge in [-0.2, -0.15) is 0 Å². The van der Waals surface area contributed by atoms with Gasteiger partial charge in [0.25, 0.3) is 0 Å². The molecule has 0 unspecified atom stereocenters. The van der Waals surface area contributed by atoms with Crippen LogP contribution in [0.2, 0.25) is 0 Å². The molecule has 6 nitrogen and oxygen atoms in total. The van der Waals surface area contributed by atoms with Crippen molar-refractivity contribution in [2.45, 2.75) is 0 Å². The number of aromatic nitrogens is 5. The van der Waals surface area contributed by atoms with Gasteiger partial charge in [0, 0.05) is 65.7 Å². The van der Waals surface area contributed by atoms with Crippen molar-refractivity contribution in [2.75, 3.05) is 0 Å². The second-order valence-corrected chi connectivity index (χ2v) is 16.3. The van der Waals surface area contributed by atoms with Gasteiger partial charge in [0.2, 0.25) is 0 Å². The van der Waals surface area contributed by atoms with Crippen molar-refractivity contribution < 1.29 is 4.42 Å². The van der Waals surface area contributed by atoms with Gasteiger partial charge in [-0.1, -0.05) is 149 Å². The van der Waals surface area contributed by atoms with Crippen molar-refractivity contribution in [2.24, 2.45) is 0 Å². The molecule has 12 aromatic rings. The Kier molecular flexibility index (Phi) is 7.82. The molecule has 61 heavy (non-hydrogen) atoms. The summed E-state index contributed by atoms with van der Waals surface area (Å²) < 4.78 is 11.9. The number of fused-ring (bicyclic) bond motifs is 10. The van der Waals surface area contributed by atoms with Crippen molar-refractivity contribution in [3.05, 3.63) is 164 Å². The van der Waals surface area contributed by atoms with E-state index in [1.807, 2.05) is 60.7 Å². The van der Waals surface area contributed by atoms with E-state index in [1.165, 1.54) is 59.9 Å². The zero-order chi connectivity index (χ0) is 40.9. The lowest BCUT2D eigenvalue weighted by Gasteiger charge is -2.14. The van der Waals surface area contributed by atoms with Crippen LogP contribution in [0.4, 0.5) is 0 Å². The first-order valence-corrected chi connectivity index (χ1v) is 20.8. The Morgan fingerprint density at radius 1 is 0.377 bits per heavy atom. The smallest absolute Gasteiger partial charge is 0.164 e. The lowest BCUT2D eigenvalue weighted by molar-refractivity contribution is 0.666. The van der Waals surface area contributed by atoms with Crippen LogP contribution in [-0.4, -0.2) is 55.5 Å². The molecule has 0 spiro atoms. The van der Waals surface area contributed by atoms with E-state index in [1.54, 1.807) is 0 Å². The summed E-state index contributed by atoms with van der Waals surface area (Å²) in [4.78, 5) is 15.0. The van der Waals surface area contributed by atoms with Gasteiger partial charge >= 0.3 is 0 Å². The topological polar surface area (TPSA) is 61.7 Å².